The van der Waals surface area contributed by atoms with Gasteiger partial charge in [0.25, 0.3) is 11.8 Å². The van der Waals surface area contributed by atoms with Crippen LogP contribution in [0.1, 0.15) is 37.0 Å². The largest absolute Gasteiger partial charge is 0.493 e. The third-order valence-electron chi connectivity index (χ3n) is 4.40. The zero-order chi connectivity index (χ0) is 19.1. The Hall–Kier alpha value is -2.28. The van der Waals surface area contributed by atoms with Crippen molar-refractivity contribution in [2.45, 2.75) is 38.8 Å². The first-order chi connectivity index (χ1) is 12.4. The fourth-order valence-corrected chi connectivity index (χ4v) is 2.99. The first kappa shape index (κ1) is 20.0. The number of piperidine rings is 1. The number of hydrogen-bond acceptors (Lipinski definition) is 5. The van der Waals surface area contributed by atoms with E-state index in [0.717, 1.165) is 25.9 Å². The number of hydrogen-bond donors (Lipinski definition) is 2. The molecule has 1 aliphatic rings. The number of methoxy groups -OCH3 is 1. The molecule has 1 saturated heterocycles. The second-order valence-corrected chi connectivity index (χ2v) is 6.77. The van der Waals surface area contributed by atoms with Crippen LogP contribution in [-0.2, 0) is 4.79 Å². The number of benzene rings is 1. The van der Waals surface area contributed by atoms with Gasteiger partial charge in [-0.2, -0.15) is 0 Å². The summed E-state index contributed by atoms with van der Waals surface area (Å²) >= 11 is 0. The van der Waals surface area contributed by atoms with Crippen LogP contribution >= 0.6 is 0 Å². The van der Waals surface area contributed by atoms with Gasteiger partial charge in [-0.25, -0.2) is 0 Å². The number of rotatable bonds is 7. The van der Waals surface area contributed by atoms with Crippen molar-refractivity contribution in [1.82, 2.24) is 15.5 Å². The van der Waals surface area contributed by atoms with E-state index in [2.05, 4.69) is 10.6 Å². The minimum absolute atomic E-state index is 0.0423. The van der Waals surface area contributed by atoms with Crippen molar-refractivity contribution in [1.29, 1.82) is 0 Å². The zero-order valence-electron chi connectivity index (χ0n) is 16.0. The third-order valence-corrected chi connectivity index (χ3v) is 4.40. The zero-order valence-corrected chi connectivity index (χ0v) is 16.0. The Morgan fingerprint density at radius 1 is 1.27 bits per heavy atom. The van der Waals surface area contributed by atoms with Crippen LogP contribution in [0, 0.1) is 0 Å². The van der Waals surface area contributed by atoms with Crippen molar-refractivity contribution in [3.05, 3.63) is 23.8 Å². The number of nitrogens with zero attached hydrogens (tertiary/aromatic N) is 1. The first-order valence-electron chi connectivity index (χ1n) is 9.00. The standard InChI is InChI=1S/C19H29N3O4/c1-13(2)21-18(23)12-26-16-6-5-14(11-17(16)25-4)19(24)22(3)15-7-9-20-10-8-15/h5-6,11,13,15,20H,7-10,12H2,1-4H3,(H,21,23). The molecule has 26 heavy (non-hydrogen) atoms. The van der Waals surface area contributed by atoms with Gasteiger partial charge in [0.05, 0.1) is 7.11 Å². The molecule has 2 amide bonds. The summed E-state index contributed by atoms with van der Waals surface area (Å²) in [6.45, 7) is 5.53. The number of carbonyl (C=O) groups is 2. The summed E-state index contributed by atoms with van der Waals surface area (Å²) in [7, 11) is 3.35. The van der Waals surface area contributed by atoms with Gasteiger partial charge in [0.2, 0.25) is 0 Å². The lowest BCUT2D eigenvalue weighted by Crippen LogP contribution is -2.43. The second-order valence-electron chi connectivity index (χ2n) is 6.77. The molecule has 0 unspecified atom stereocenters. The van der Waals surface area contributed by atoms with E-state index in [1.165, 1.54) is 7.11 Å². The lowest BCUT2D eigenvalue weighted by Gasteiger charge is -2.31. The maximum absolute atomic E-state index is 12.8. The lowest BCUT2D eigenvalue weighted by molar-refractivity contribution is -0.123. The molecule has 1 aromatic carbocycles. The van der Waals surface area contributed by atoms with Crippen molar-refractivity contribution < 1.29 is 19.1 Å². The number of ether oxygens (including phenoxy) is 2. The molecule has 1 heterocycles. The van der Waals surface area contributed by atoms with Crippen molar-refractivity contribution in [3.8, 4) is 11.5 Å². The van der Waals surface area contributed by atoms with Gasteiger partial charge in [-0.1, -0.05) is 0 Å². The summed E-state index contributed by atoms with van der Waals surface area (Å²) in [4.78, 5) is 26.3. The van der Waals surface area contributed by atoms with E-state index in [9.17, 15) is 9.59 Å². The molecule has 1 aliphatic heterocycles. The third kappa shape index (κ3) is 5.36. The second kappa shape index (κ2) is 9.43. The van der Waals surface area contributed by atoms with Crippen LogP contribution in [0.25, 0.3) is 0 Å². The molecule has 0 radical (unpaired) electrons. The van der Waals surface area contributed by atoms with E-state index in [1.807, 2.05) is 20.9 Å². The number of nitrogens with one attached hydrogen (secondary N) is 2. The molecule has 0 aromatic heterocycles. The smallest absolute Gasteiger partial charge is 0.258 e. The van der Waals surface area contributed by atoms with Crippen LogP contribution in [0.2, 0.25) is 0 Å². The van der Waals surface area contributed by atoms with Gasteiger partial charge in [0.1, 0.15) is 0 Å². The molecular weight excluding hydrogens is 334 g/mol. The quantitative estimate of drug-likeness (QED) is 0.766. The monoisotopic (exact) mass is 363 g/mol. The molecular formula is C19H29N3O4. The highest BCUT2D eigenvalue weighted by atomic mass is 16.5. The van der Waals surface area contributed by atoms with Crippen LogP contribution in [0.4, 0.5) is 0 Å². The first-order valence-corrected chi connectivity index (χ1v) is 9.00. The van der Waals surface area contributed by atoms with Gasteiger partial charge >= 0.3 is 0 Å². The van der Waals surface area contributed by atoms with E-state index in [1.54, 1.807) is 23.1 Å². The van der Waals surface area contributed by atoms with Crippen LogP contribution in [0.15, 0.2) is 18.2 Å². The van der Waals surface area contributed by atoms with Crippen molar-refractivity contribution >= 4 is 11.8 Å². The highest BCUT2D eigenvalue weighted by Crippen LogP contribution is 2.29. The predicted molar refractivity (Wildman–Crippen MR) is 99.8 cm³/mol. The highest BCUT2D eigenvalue weighted by molar-refractivity contribution is 5.95. The Morgan fingerprint density at radius 2 is 1.96 bits per heavy atom. The van der Waals surface area contributed by atoms with Gasteiger partial charge in [0.15, 0.2) is 18.1 Å². The van der Waals surface area contributed by atoms with Crippen LogP contribution in [0.3, 0.4) is 0 Å². The topological polar surface area (TPSA) is 79.9 Å². The Morgan fingerprint density at radius 3 is 2.58 bits per heavy atom. The summed E-state index contributed by atoms with van der Waals surface area (Å²) in [6.07, 6.45) is 1.90. The highest BCUT2D eigenvalue weighted by Gasteiger charge is 2.23. The fourth-order valence-electron chi connectivity index (χ4n) is 2.99. The fraction of sp³-hybridized carbons (Fsp3) is 0.579. The van der Waals surface area contributed by atoms with Gasteiger partial charge in [-0.3, -0.25) is 9.59 Å². The Bertz CT molecular complexity index is 627. The number of amides is 2. The predicted octanol–water partition coefficient (Wildman–Crippen LogP) is 1.42. The van der Waals surface area contributed by atoms with Crippen LogP contribution < -0.4 is 20.1 Å². The summed E-state index contributed by atoms with van der Waals surface area (Å²) in [5.74, 6) is 0.631. The summed E-state index contributed by atoms with van der Waals surface area (Å²) in [5.41, 5.74) is 0.543. The molecule has 0 aliphatic carbocycles. The summed E-state index contributed by atoms with van der Waals surface area (Å²) < 4.78 is 10.9. The van der Waals surface area contributed by atoms with Crippen LogP contribution in [0.5, 0.6) is 11.5 Å². The van der Waals surface area contributed by atoms with Crippen molar-refractivity contribution in [3.63, 3.8) is 0 Å². The maximum atomic E-state index is 12.8. The molecule has 2 rings (SSSR count). The Labute approximate surface area is 155 Å². The molecule has 7 heteroatoms. The van der Waals surface area contributed by atoms with E-state index < -0.39 is 0 Å². The molecule has 1 fully saturated rings. The van der Waals surface area contributed by atoms with Crippen molar-refractivity contribution in [2.75, 3.05) is 33.9 Å². The van der Waals surface area contributed by atoms with E-state index in [0.29, 0.717) is 17.1 Å². The lowest BCUT2D eigenvalue weighted by atomic mass is 10.0. The molecule has 7 nitrogen and oxygen atoms in total. The van der Waals surface area contributed by atoms with Crippen molar-refractivity contribution in [2.24, 2.45) is 0 Å². The average Bonchev–Trinajstić information content (AvgIpc) is 2.65. The summed E-state index contributed by atoms with van der Waals surface area (Å²) in [5, 5.41) is 6.06. The minimum Gasteiger partial charge on any atom is -0.493 e. The number of carbonyl (C=O) groups excluding carboxylic acids is 2. The Kier molecular flexibility index (Phi) is 7.26. The normalized spacial score (nSPS) is 14.8. The molecule has 0 bridgehead atoms. The molecule has 0 spiro atoms. The SMILES string of the molecule is COc1cc(C(=O)N(C)C2CCNCC2)ccc1OCC(=O)NC(C)C. The molecule has 0 saturated carbocycles. The van der Waals surface area contributed by atoms with Gasteiger partial charge < -0.3 is 25.0 Å². The molecule has 0 atom stereocenters. The molecule has 2 N–H and O–H groups in total. The minimum atomic E-state index is -0.201. The van der Waals surface area contributed by atoms with Gasteiger partial charge in [-0.15, -0.1) is 0 Å². The van der Waals surface area contributed by atoms with E-state index in [4.69, 9.17) is 9.47 Å². The van der Waals surface area contributed by atoms with E-state index >= 15 is 0 Å². The van der Waals surface area contributed by atoms with Crippen LogP contribution in [-0.4, -0.2) is 62.7 Å². The maximum Gasteiger partial charge on any atom is 0.258 e. The molecule has 144 valence electrons. The van der Waals surface area contributed by atoms with Gasteiger partial charge in [0, 0.05) is 24.7 Å². The average molecular weight is 363 g/mol. The molecule has 1 aromatic rings. The van der Waals surface area contributed by atoms with Gasteiger partial charge in [-0.05, 0) is 58.0 Å². The summed E-state index contributed by atoms with van der Waals surface area (Å²) in [6, 6.07) is 5.34. The Balaban J connectivity index is 2.04. The van der Waals surface area contributed by atoms with E-state index in [-0.39, 0.29) is 30.5 Å².